The molecule has 0 aliphatic rings. The van der Waals surface area contributed by atoms with Gasteiger partial charge in [-0.25, -0.2) is 5.43 Å². The second kappa shape index (κ2) is 9.49. The minimum atomic E-state index is -0.631. The Balaban J connectivity index is 1.93. The van der Waals surface area contributed by atoms with E-state index in [2.05, 4.69) is 36.4 Å². The summed E-state index contributed by atoms with van der Waals surface area (Å²) in [5.41, 5.74) is 4.05. The van der Waals surface area contributed by atoms with E-state index in [-0.39, 0.29) is 22.2 Å². The van der Waals surface area contributed by atoms with Gasteiger partial charge in [0.2, 0.25) is 0 Å². The van der Waals surface area contributed by atoms with E-state index in [0.717, 1.165) is 15.8 Å². The molecule has 0 saturated carbocycles. The molecule has 33 heavy (non-hydrogen) atoms. The average Bonchev–Trinajstić information content (AvgIpc) is 2.79. The van der Waals surface area contributed by atoms with Gasteiger partial charge in [-0.05, 0) is 59.9 Å². The number of amides is 1. The molecule has 8 nitrogen and oxygen atoms in total. The van der Waals surface area contributed by atoms with Crippen LogP contribution in [0.3, 0.4) is 0 Å². The van der Waals surface area contributed by atoms with E-state index in [9.17, 15) is 14.9 Å². The molecule has 0 fully saturated rings. The Bertz CT molecular complexity index is 1290. The van der Waals surface area contributed by atoms with Crippen LogP contribution in [0.1, 0.15) is 53.5 Å². The van der Waals surface area contributed by atoms with Crippen LogP contribution in [-0.2, 0) is 5.41 Å². The first kappa shape index (κ1) is 23.4. The minimum absolute atomic E-state index is 0.0575. The van der Waals surface area contributed by atoms with Gasteiger partial charge in [0.1, 0.15) is 17.4 Å². The maximum absolute atomic E-state index is 12.8. The van der Waals surface area contributed by atoms with Gasteiger partial charge >= 0.3 is 0 Å². The number of benzene rings is 2. The lowest BCUT2D eigenvalue weighted by Gasteiger charge is -2.19. The van der Waals surface area contributed by atoms with Gasteiger partial charge in [-0.3, -0.25) is 9.59 Å². The molecule has 0 bridgehead atoms. The van der Waals surface area contributed by atoms with E-state index in [1.807, 2.05) is 18.2 Å². The molecule has 0 aliphatic carbocycles. The number of rotatable bonds is 5. The summed E-state index contributed by atoms with van der Waals surface area (Å²) in [5, 5.41) is 17.7. The summed E-state index contributed by atoms with van der Waals surface area (Å²) in [7, 11) is 1.58. The topological polar surface area (TPSA) is 109 Å². The van der Waals surface area contributed by atoms with E-state index < -0.39 is 11.5 Å². The van der Waals surface area contributed by atoms with Crippen molar-refractivity contribution in [2.45, 2.75) is 33.1 Å². The van der Waals surface area contributed by atoms with Crippen LogP contribution in [0.4, 0.5) is 0 Å². The van der Waals surface area contributed by atoms with Crippen molar-refractivity contribution in [2.24, 2.45) is 5.10 Å². The normalized spacial score (nSPS) is 11.3. The number of nitrogens with one attached hydrogen (secondary N) is 1. The molecule has 1 aromatic heterocycles. The van der Waals surface area contributed by atoms with Crippen molar-refractivity contribution >= 4 is 12.1 Å². The van der Waals surface area contributed by atoms with E-state index in [4.69, 9.17) is 4.74 Å². The molecule has 3 rings (SSSR count). The van der Waals surface area contributed by atoms with Gasteiger partial charge in [-0.1, -0.05) is 32.9 Å². The summed E-state index contributed by atoms with van der Waals surface area (Å²) < 4.78 is 6.18. The van der Waals surface area contributed by atoms with Crippen molar-refractivity contribution in [3.63, 3.8) is 0 Å². The highest BCUT2D eigenvalue weighted by molar-refractivity contribution is 5.94. The number of methoxy groups -OCH3 is 1. The lowest BCUT2D eigenvalue weighted by atomic mass is 9.87. The van der Waals surface area contributed by atoms with Gasteiger partial charge in [-0.15, -0.1) is 0 Å². The van der Waals surface area contributed by atoms with Crippen LogP contribution < -0.4 is 15.7 Å². The molecule has 3 aromatic rings. The van der Waals surface area contributed by atoms with Crippen LogP contribution >= 0.6 is 0 Å². The average molecular weight is 444 g/mol. The Morgan fingerprint density at radius 1 is 1.15 bits per heavy atom. The molecular weight excluding hydrogens is 418 g/mol. The predicted molar refractivity (Wildman–Crippen MR) is 126 cm³/mol. The zero-order valence-corrected chi connectivity index (χ0v) is 19.2. The van der Waals surface area contributed by atoms with Crippen molar-refractivity contribution in [1.82, 2.24) is 15.2 Å². The molecule has 2 aromatic carbocycles. The highest BCUT2D eigenvalue weighted by Crippen LogP contribution is 2.23. The number of ether oxygens (including phenoxy) is 1. The SMILES string of the molecule is COc1ccc(/C=N\NC(=O)c2nn(-c3ccc(C(C)(C)C)cc3)c(=O)c(C#N)c2C)cc1. The molecule has 1 amide bonds. The summed E-state index contributed by atoms with van der Waals surface area (Å²) in [4.78, 5) is 25.6. The largest absolute Gasteiger partial charge is 0.497 e. The zero-order valence-electron chi connectivity index (χ0n) is 19.2. The molecule has 0 radical (unpaired) electrons. The number of hydrogen-bond donors (Lipinski definition) is 1. The molecule has 1 N–H and O–H groups in total. The molecular formula is C25H25N5O3. The van der Waals surface area contributed by atoms with Gasteiger partial charge in [-0.2, -0.15) is 20.1 Å². The Hall–Kier alpha value is -4.25. The Labute approximate surface area is 192 Å². The van der Waals surface area contributed by atoms with Gasteiger partial charge in [0.25, 0.3) is 11.5 Å². The third-order valence-corrected chi connectivity index (χ3v) is 5.14. The predicted octanol–water partition coefficient (Wildman–Crippen LogP) is 3.48. The minimum Gasteiger partial charge on any atom is -0.497 e. The van der Waals surface area contributed by atoms with Gasteiger partial charge in [0, 0.05) is 5.56 Å². The maximum atomic E-state index is 12.8. The highest BCUT2D eigenvalue weighted by Gasteiger charge is 2.20. The molecule has 0 saturated heterocycles. The zero-order chi connectivity index (χ0) is 24.2. The fourth-order valence-corrected chi connectivity index (χ4v) is 3.14. The van der Waals surface area contributed by atoms with Gasteiger partial charge in [0.05, 0.1) is 19.0 Å². The van der Waals surface area contributed by atoms with E-state index in [0.29, 0.717) is 11.4 Å². The Morgan fingerprint density at radius 2 is 1.79 bits per heavy atom. The van der Waals surface area contributed by atoms with Crippen LogP contribution in [0.2, 0.25) is 0 Å². The third-order valence-electron chi connectivity index (χ3n) is 5.14. The molecule has 0 aliphatic heterocycles. The van der Waals surface area contributed by atoms with Crippen LogP contribution in [0.5, 0.6) is 5.75 Å². The number of aromatic nitrogens is 2. The van der Waals surface area contributed by atoms with Crippen LogP contribution in [0, 0.1) is 18.3 Å². The molecule has 0 atom stereocenters. The molecule has 8 heteroatoms. The van der Waals surface area contributed by atoms with Crippen molar-refractivity contribution in [3.8, 4) is 17.5 Å². The summed E-state index contributed by atoms with van der Waals surface area (Å²) in [5.74, 6) is 0.0756. The number of nitriles is 1. The smallest absolute Gasteiger partial charge is 0.292 e. The van der Waals surface area contributed by atoms with Crippen LogP contribution in [-0.4, -0.2) is 29.0 Å². The van der Waals surface area contributed by atoms with Crippen LogP contribution in [0.15, 0.2) is 58.4 Å². The van der Waals surface area contributed by atoms with Gasteiger partial charge < -0.3 is 4.74 Å². The number of carbonyl (C=O) groups is 1. The third kappa shape index (κ3) is 5.15. The quantitative estimate of drug-likeness (QED) is 0.480. The Morgan fingerprint density at radius 3 is 2.33 bits per heavy atom. The fourth-order valence-electron chi connectivity index (χ4n) is 3.14. The van der Waals surface area contributed by atoms with Crippen molar-refractivity contribution in [1.29, 1.82) is 5.26 Å². The lowest BCUT2D eigenvalue weighted by molar-refractivity contribution is 0.0947. The monoisotopic (exact) mass is 443 g/mol. The first-order valence-electron chi connectivity index (χ1n) is 10.3. The second-order valence-electron chi connectivity index (χ2n) is 8.45. The summed E-state index contributed by atoms with van der Waals surface area (Å²) in [6.07, 6.45) is 1.47. The number of hydrogen-bond acceptors (Lipinski definition) is 6. The molecule has 0 unspecified atom stereocenters. The first-order valence-corrected chi connectivity index (χ1v) is 10.3. The standard InChI is InChI=1S/C25H25N5O3/c1-16-21(14-26)24(32)30(19-10-8-18(9-11-19)25(2,3)4)29-22(16)23(31)28-27-15-17-6-12-20(33-5)13-7-17/h6-13,15H,1-5H3,(H,28,31)/b27-15-. The van der Waals surface area contributed by atoms with E-state index in [1.165, 1.54) is 13.1 Å². The number of carbonyl (C=O) groups excluding carboxylic acids is 1. The highest BCUT2D eigenvalue weighted by atomic mass is 16.5. The lowest BCUT2D eigenvalue weighted by Crippen LogP contribution is -2.31. The number of hydrazone groups is 1. The van der Waals surface area contributed by atoms with Crippen molar-refractivity contribution < 1.29 is 9.53 Å². The summed E-state index contributed by atoms with van der Waals surface area (Å²) in [6.45, 7) is 7.77. The maximum Gasteiger partial charge on any atom is 0.292 e. The van der Waals surface area contributed by atoms with Gasteiger partial charge in [0.15, 0.2) is 5.69 Å². The van der Waals surface area contributed by atoms with Crippen molar-refractivity contribution in [2.75, 3.05) is 7.11 Å². The molecule has 168 valence electrons. The molecule has 0 spiro atoms. The number of nitrogens with zero attached hydrogens (tertiary/aromatic N) is 4. The van der Waals surface area contributed by atoms with Crippen molar-refractivity contribution in [3.05, 3.63) is 86.8 Å². The first-order chi connectivity index (χ1) is 15.7. The second-order valence-corrected chi connectivity index (χ2v) is 8.45. The summed E-state index contributed by atoms with van der Waals surface area (Å²) >= 11 is 0. The summed E-state index contributed by atoms with van der Waals surface area (Å²) in [6, 6.07) is 16.3. The Kier molecular flexibility index (Phi) is 6.73. The van der Waals surface area contributed by atoms with Crippen LogP contribution in [0.25, 0.3) is 5.69 Å². The fraction of sp³-hybridized carbons (Fsp3) is 0.240. The van der Waals surface area contributed by atoms with E-state index in [1.54, 1.807) is 43.5 Å². The van der Waals surface area contributed by atoms with E-state index >= 15 is 0 Å². The molecule has 1 heterocycles.